The predicted octanol–water partition coefficient (Wildman–Crippen LogP) is 3.12. The highest BCUT2D eigenvalue weighted by molar-refractivity contribution is 5.69. The normalized spacial score (nSPS) is 10.2. The van der Waals surface area contributed by atoms with Crippen LogP contribution in [0, 0.1) is 11.3 Å². The number of nitrogens with zero attached hydrogens (tertiary/aromatic N) is 2. The summed E-state index contributed by atoms with van der Waals surface area (Å²) in [5, 5.41) is 8.66. The zero-order valence-electron chi connectivity index (χ0n) is 8.67. The Labute approximate surface area is 94.5 Å². The molecule has 1 aromatic heterocycles. The van der Waals surface area contributed by atoms with Crippen LogP contribution in [0.2, 0.25) is 0 Å². The van der Waals surface area contributed by atoms with Gasteiger partial charge in [-0.25, -0.2) is 0 Å². The number of rotatable bonds is 2. The fourth-order valence-electron chi connectivity index (χ4n) is 1.34. The molecule has 1 aromatic carbocycles. The van der Waals surface area contributed by atoms with E-state index < -0.39 is 0 Å². The van der Waals surface area contributed by atoms with Crippen LogP contribution in [0.5, 0.6) is 0 Å². The topological polar surface area (TPSA) is 36.7 Å². The molecular formula is C14H10N2. The third-order valence-corrected chi connectivity index (χ3v) is 2.21. The van der Waals surface area contributed by atoms with Gasteiger partial charge in [-0.2, -0.15) is 5.26 Å². The summed E-state index contributed by atoms with van der Waals surface area (Å²) in [4.78, 5) is 3.95. The van der Waals surface area contributed by atoms with E-state index in [4.69, 9.17) is 5.26 Å². The van der Waals surface area contributed by atoms with E-state index in [1.165, 1.54) is 0 Å². The van der Waals surface area contributed by atoms with E-state index in [2.05, 4.69) is 11.1 Å². The Hall–Kier alpha value is -2.40. The van der Waals surface area contributed by atoms with E-state index in [0.717, 1.165) is 11.1 Å². The molecule has 2 heteroatoms. The molecule has 2 aromatic rings. The number of benzene rings is 1. The first kappa shape index (κ1) is 10.1. The fraction of sp³-hybridized carbons (Fsp3) is 0. The maximum absolute atomic E-state index is 8.66. The average Bonchev–Trinajstić information content (AvgIpc) is 2.38. The summed E-state index contributed by atoms with van der Waals surface area (Å²) in [5.41, 5.74) is 2.87. The Morgan fingerprint density at radius 3 is 2.00 bits per heavy atom. The summed E-state index contributed by atoms with van der Waals surface area (Å²) < 4.78 is 0. The van der Waals surface area contributed by atoms with Gasteiger partial charge in [0.15, 0.2) is 0 Å². The maximum Gasteiger partial charge on any atom is 0.0991 e. The second kappa shape index (κ2) is 4.90. The molecule has 0 saturated heterocycles. The molecule has 0 fully saturated rings. The standard InChI is InChI=1S/C14H10N2/c15-11-14-5-3-12(4-6-14)1-2-13-7-9-16-10-8-13/h1-10H/b2-1-. The number of aromatic nitrogens is 1. The van der Waals surface area contributed by atoms with Crippen LogP contribution in [0.15, 0.2) is 48.8 Å². The van der Waals surface area contributed by atoms with Crippen LogP contribution >= 0.6 is 0 Å². The molecular weight excluding hydrogens is 196 g/mol. The Morgan fingerprint density at radius 1 is 0.875 bits per heavy atom. The molecule has 0 aliphatic heterocycles. The Morgan fingerprint density at radius 2 is 1.44 bits per heavy atom. The van der Waals surface area contributed by atoms with E-state index in [0.29, 0.717) is 5.56 Å². The zero-order valence-corrected chi connectivity index (χ0v) is 8.67. The molecule has 0 bridgehead atoms. The molecule has 76 valence electrons. The lowest BCUT2D eigenvalue weighted by atomic mass is 10.1. The third kappa shape index (κ3) is 2.55. The van der Waals surface area contributed by atoms with Gasteiger partial charge >= 0.3 is 0 Å². The summed E-state index contributed by atoms with van der Waals surface area (Å²) in [5.74, 6) is 0. The molecule has 0 unspecified atom stereocenters. The van der Waals surface area contributed by atoms with E-state index in [1.807, 2.05) is 48.6 Å². The maximum atomic E-state index is 8.66. The molecule has 0 saturated carbocycles. The lowest BCUT2D eigenvalue weighted by molar-refractivity contribution is 1.32. The van der Waals surface area contributed by atoms with Crippen molar-refractivity contribution in [2.45, 2.75) is 0 Å². The summed E-state index contributed by atoms with van der Waals surface area (Å²) >= 11 is 0. The Kier molecular flexibility index (Phi) is 3.10. The first-order valence-corrected chi connectivity index (χ1v) is 4.97. The van der Waals surface area contributed by atoms with E-state index in [-0.39, 0.29) is 0 Å². The van der Waals surface area contributed by atoms with Crippen LogP contribution in [-0.2, 0) is 0 Å². The van der Waals surface area contributed by atoms with Crippen LogP contribution in [0.1, 0.15) is 16.7 Å². The van der Waals surface area contributed by atoms with Crippen molar-refractivity contribution in [3.8, 4) is 6.07 Å². The highest BCUT2D eigenvalue weighted by Crippen LogP contribution is 2.08. The van der Waals surface area contributed by atoms with Crippen LogP contribution in [0.4, 0.5) is 0 Å². The molecule has 0 radical (unpaired) electrons. The summed E-state index contributed by atoms with van der Waals surface area (Å²) in [6, 6.07) is 13.5. The minimum absolute atomic E-state index is 0.682. The van der Waals surface area contributed by atoms with Crippen LogP contribution in [0.25, 0.3) is 12.2 Å². The summed E-state index contributed by atoms with van der Waals surface area (Å²) in [6.07, 6.45) is 7.55. The number of hydrogen-bond acceptors (Lipinski definition) is 2. The van der Waals surface area contributed by atoms with Crippen molar-refractivity contribution in [1.29, 1.82) is 5.26 Å². The second-order valence-electron chi connectivity index (χ2n) is 3.35. The summed E-state index contributed by atoms with van der Waals surface area (Å²) in [7, 11) is 0. The molecule has 2 nitrogen and oxygen atoms in total. The fourth-order valence-corrected chi connectivity index (χ4v) is 1.34. The van der Waals surface area contributed by atoms with Gasteiger partial charge in [0.05, 0.1) is 11.6 Å². The molecule has 0 amide bonds. The van der Waals surface area contributed by atoms with Crippen molar-refractivity contribution in [1.82, 2.24) is 4.98 Å². The van der Waals surface area contributed by atoms with Crippen molar-refractivity contribution >= 4 is 12.2 Å². The first-order chi connectivity index (χ1) is 7.88. The van der Waals surface area contributed by atoms with Crippen LogP contribution in [-0.4, -0.2) is 4.98 Å². The van der Waals surface area contributed by atoms with Crippen LogP contribution in [0.3, 0.4) is 0 Å². The van der Waals surface area contributed by atoms with Gasteiger partial charge in [-0.1, -0.05) is 24.3 Å². The number of nitriles is 1. The van der Waals surface area contributed by atoms with E-state index >= 15 is 0 Å². The van der Waals surface area contributed by atoms with Crippen molar-refractivity contribution in [2.75, 3.05) is 0 Å². The lowest BCUT2D eigenvalue weighted by Gasteiger charge is -1.94. The number of hydrogen-bond donors (Lipinski definition) is 0. The first-order valence-electron chi connectivity index (χ1n) is 4.97. The van der Waals surface area contributed by atoms with Crippen molar-refractivity contribution in [2.24, 2.45) is 0 Å². The minimum atomic E-state index is 0.682. The number of pyridine rings is 1. The molecule has 0 aliphatic carbocycles. The highest BCUT2D eigenvalue weighted by Gasteiger charge is 1.89. The SMILES string of the molecule is N#Cc1ccc(/C=C\c2ccncc2)cc1. The molecule has 16 heavy (non-hydrogen) atoms. The van der Waals surface area contributed by atoms with Gasteiger partial charge < -0.3 is 0 Å². The van der Waals surface area contributed by atoms with Gasteiger partial charge in [0.25, 0.3) is 0 Å². The smallest absolute Gasteiger partial charge is 0.0991 e. The van der Waals surface area contributed by atoms with Crippen molar-refractivity contribution in [3.05, 3.63) is 65.5 Å². The minimum Gasteiger partial charge on any atom is -0.265 e. The van der Waals surface area contributed by atoms with Gasteiger partial charge in [-0.3, -0.25) is 4.98 Å². The highest BCUT2D eigenvalue weighted by atomic mass is 14.6. The predicted molar refractivity (Wildman–Crippen MR) is 64.3 cm³/mol. The Bertz CT molecular complexity index is 519. The van der Waals surface area contributed by atoms with Crippen LogP contribution < -0.4 is 0 Å². The quantitative estimate of drug-likeness (QED) is 0.756. The molecule has 0 N–H and O–H groups in total. The van der Waals surface area contributed by atoms with Crippen molar-refractivity contribution < 1.29 is 0 Å². The second-order valence-corrected chi connectivity index (χ2v) is 3.35. The van der Waals surface area contributed by atoms with E-state index in [9.17, 15) is 0 Å². The van der Waals surface area contributed by atoms with Crippen molar-refractivity contribution in [3.63, 3.8) is 0 Å². The van der Waals surface area contributed by atoms with Gasteiger partial charge in [-0.15, -0.1) is 0 Å². The average molecular weight is 206 g/mol. The molecule has 0 aliphatic rings. The van der Waals surface area contributed by atoms with Gasteiger partial charge in [0.2, 0.25) is 0 Å². The van der Waals surface area contributed by atoms with E-state index in [1.54, 1.807) is 12.4 Å². The lowest BCUT2D eigenvalue weighted by Crippen LogP contribution is -1.76. The molecule has 1 heterocycles. The Balaban J connectivity index is 2.15. The van der Waals surface area contributed by atoms with Gasteiger partial charge in [-0.05, 0) is 35.4 Å². The molecule has 0 spiro atoms. The van der Waals surface area contributed by atoms with Gasteiger partial charge in [0.1, 0.15) is 0 Å². The zero-order chi connectivity index (χ0) is 11.2. The molecule has 0 atom stereocenters. The summed E-state index contributed by atoms with van der Waals surface area (Å²) in [6.45, 7) is 0. The third-order valence-electron chi connectivity index (χ3n) is 2.21. The van der Waals surface area contributed by atoms with Gasteiger partial charge in [0, 0.05) is 12.4 Å². The molecule has 2 rings (SSSR count). The largest absolute Gasteiger partial charge is 0.265 e. The monoisotopic (exact) mass is 206 g/mol.